The van der Waals surface area contributed by atoms with Gasteiger partial charge in [-0.15, -0.1) is 0 Å². The standard InChI is InChI=1S/C14H26N2O4/c1-10(5-6-12(18)19)7-8-15-11(17)9-16-13(20)14(2,3)4/h10H,5-9H2,1-4H3,(H,15,17)(H,16,20)(H,18,19). The summed E-state index contributed by atoms with van der Waals surface area (Å²) in [4.78, 5) is 33.5. The van der Waals surface area contributed by atoms with Crippen LogP contribution in [0.25, 0.3) is 0 Å². The van der Waals surface area contributed by atoms with Crippen molar-refractivity contribution in [3.63, 3.8) is 0 Å². The molecular weight excluding hydrogens is 260 g/mol. The number of amides is 2. The van der Waals surface area contributed by atoms with Gasteiger partial charge in [0.25, 0.3) is 0 Å². The van der Waals surface area contributed by atoms with E-state index >= 15 is 0 Å². The quantitative estimate of drug-likeness (QED) is 0.624. The van der Waals surface area contributed by atoms with E-state index in [1.54, 1.807) is 20.8 Å². The molecule has 1 unspecified atom stereocenters. The Morgan fingerprint density at radius 2 is 1.70 bits per heavy atom. The van der Waals surface area contributed by atoms with Gasteiger partial charge in [-0.05, 0) is 18.8 Å². The fourth-order valence-corrected chi connectivity index (χ4v) is 1.46. The third kappa shape index (κ3) is 9.35. The van der Waals surface area contributed by atoms with Gasteiger partial charge in [0.2, 0.25) is 11.8 Å². The van der Waals surface area contributed by atoms with E-state index in [9.17, 15) is 14.4 Å². The number of carboxylic acids is 1. The summed E-state index contributed by atoms with van der Waals surface area (Å²) >= 11 is 0. The van der Waals surface area contributed by atoms with Gasteiger partial charge in [0.1, 0.15) is 0 Å². The van der Waals surface area contributed by atoms with Crippen molar-refractivity contribution >= 4 is 17.8 Å². The van der Waals surface area contributed by atoms with Crippen LogP contribution in [-0.4, -0.2) is 36.0 Å². The molecule has 1 atom stereocenters. The van der Waals surface area contributed by atoms with Gasteiger partial charge in [-0.25, -0.2) is 0 Å². The Morgan fingerprint density at radius 1 is 1.10 bits per heavy atom. The summed E-state index contributed by atoms with van der Waals surface area (Å²) in [5.41, 5.74) is -0.508. The Labute approximate surface area is 120 Å². The summed E-state index contributed by atoms with van der Waals surface area (Å²) in [6.45, 7) is 7.76. The Balaban J connectivity index is 3.74. The van der Waals surface area contributed by atoms with Crippen LogP contribution in [-0.2, 0) is 14.4 Å². The number of hydrogen-bond acceptors (Lipinski definition) is 3. The number of aliphatic carboxylic acids is 1. The summed E-state index contributed by atoms with van der Waals surface area (Å²) in [5, 5.41) is 13.8. The van der Waals surface area contributed by atoms with Crippen LogP contribution in [0.4, 0.5) is 0 Å². The topological polar surface area (TPSA) is 95.5 Å². The van der Waals surface area contributed by atoms with Crippen molar-refractivity contribution in [2.24, 2.45) is 11.3 Å². The predicted octanol–water partition coefficient (Wildman–Crippen LogP) is 1.16. The summed E-state index contributed by atoms with van der Waals surface area (Å²) < 4.78 is 0. The SMILES string of the molecule is CC(CCNC(=O)CNC(=O)C(C)(C)C)CCC(=O)O. The highest BCUT2D eigenvalue weighted by Gasteiger charge is 2.21. The summed E-state index contributed by atoms with van der Waals surface area (Å²) in [6.07, 6.45) is 1.48. The smallest absolute Gasteiger partial charge is 0.303 e. The van der Waals surface area contributed by atoms with Crippen molar-refractivity contribution in [3.05, 3.63) is 0 Å². The molecule has 0 saturated carbocycles. The maximum atomic E-state index is 11.6. The number of rotatable bonds is 8. The Bertz CT molecular complexity index is 348. The second-order valence-electron chi connectivity index (χ2n) is 6.11. The minimum absolute atomic E-state index is 0.0282. The Kier molecular flexibility index (Phi) is 7.87. The highest BCUT2D eigenvalue weighted by atomic mass is 16.4. The van der Waals surface area contributed by atoms with Crippen molar-refractivity contribution in [2.75, 3.05) is 13.1 Å². The molecule has 6 nitrogen and oxygen atoms in total. The van der Waals surface area contributed by atoms with Gasteiger partial charge in [-0.3, -0.25) is 14.4 Å². The van der Waals surface area contributed by atoms with Crippen LogP contribution in [0.3, 0.4) is 0 Å². The summed E-state index contributed by atoms with van der Waals surface area (Å²) in [7, 11) is 0. The van der Waals surface area contributed by atoms with Gasteiger partial charge in [0.15, 0.2) is 0 Å². The van der Waals surface area contributed by atoms with Gasteiger partial charge in [0, 0.05) is 18.4 Å². The molecule has 0 heterocycles. The average Bonchev–Trinajstić information content (AvgIpc) is 2.32. The molecule has 0 saturated heterocycles. The molecule has 0 aliphatic heterocycles. The first-order valence-corrected chi connectivity index (χ1v) is 6.89. The minimum atomic E-state index is -0.800. The van der Waals surface area contributed by atoms with Crippen LogP contribution in [0.1, 0.15) is 47.0 Å². The largest absolute Gasteiger partial charge is 0.481 e. The highest BCUT2D eigenvalue weighted by Crippen LogP contribution is 2.12. The lowest BCUT2D eigenvalue weighted by Crippen LogP contribution is -2.42. The van der Waals surface area contributed by atoms with Crippen LogP contribution < -0.4 is 10.6 Å². The van der Waals surface area contributed by atoms with Crippen LogP contribution in [0.2, 0.25) is 0 Å². The zero-order valence-corrected chi connectivity index (χ0v) is 12.8. The molecular formula is C14H26N2O4. The molecule has 0 aromatic rings. The Hall–Kier alpha value is -1.59. The first kappa shape index (κ1) is 18.4. The van der Waals surface area contributed by atoms with Gasteiger partial charge in [0.05, 0.1) is 6.54 Å². The average molecular weight is 286 g/mol. The maximum absolute atomic E-state index is 11.6. The molecule has 0 aliphatic rings. The van der Waals surface area contributed by atoms with Gasteiger partial charge in [-0.1, -0.05) is 27.7 Å². The van der Waals surface area contributed by atoms with Crippen LogP contribution in [0.5, 0.6) is 0 Å². The van der Waals surface area contributed by atoms with E-state index in [1.165, 1.54) is 0 Å². The van der Waals surface area contributed by atoms with Gasteiger partial charge < -0.3 is 15.7 Å². The molecule has 3 N–H and O–H groups in total. The van der Waals surface area contributed by atoms with Crippen LogP contribution >= 0.6 is 0 Å². The van der Waals surface area contributed by atoms with E-state index < -0.39 is 11.4 Å². The van der Waals surface area contributed by atoms with E-state index in [4.69, 9.17) is 5.11 Å². The van der Waals surface area contributed by atoms with E-state index in [-0.39, 0.29) is 30.7 Å². The lowest BCUT2D eigenvalue weighted by atomic mass is 9.96. The van der Waals surface area contributed by atoms with Crippen molar-refractivity contribution in [1.29, 1.82) is 0 Å². The van der Waals surface area contributed by atoms with Crippen LogP contribution in [0.15, 0.2) is 0 Å². The highest BCUT2D eigenvalue weighted by molar-refractivity contribution is 5.87. The van der Waals surface area contributed by atoms with Crippen molar-refractivity contribution < 1.29 is 19.5 Å². The zero-order chi connectivity index (χ0) is 15.8. The fourth-order valence-electron chi connectivity index (χ4n) is 1.46. The molecule has 116 valence electrons. The zero-order valence-electron chi connectivity index (χ0n) is 12.8. The molecule has 0 aliphatic carbocycles. The number of carboxylic acid groups (broad SMARTS) is 1. The third-order valence-electron chi connectivity index (χ3n) is 2.90. The van der Waals surface area contributed by atoms with Gasteiger partial charge in [-0.2, -0.15) is 0 Å². The molecule has 0 spiro atoms. The van der Waals surface area contributed by atoms with Crippen LogP contribution in [0, 0.1) is 11.3 Å². The van der Waals surface area contributed by atoms with Crippen molar-refractivity contribution in [2.45, 2.75) is 47.0 Å². The van der Waals surface area contributed by atoms with Gasteiger partial charge >= 0.3 is 5.97 Å². The molecule has 0 bridgehead atoms. The number of nitrogens with one attached hydrogen (secondary N) is 2. The third-order valence-corrected chi connectivity index (χ3v) is 2.90. The second-order valence-corrected chi connectivity index (χ2v) is 6.11. The van der Waals surface area contributed by atoms with Crippen molar-refractivity contribution in [3.8, 4) is 0 Å². The van der Waals surface area contributed by atoms with E-state index in [2.05, 4.69) is 10.6 Å². The molecule has 0 rings (SSSR count). The van der Waals surface area contributed by atoms with E-state index in [0.29, 0.717) is 13.0 Å². The molecule has 0 radical (unpaired) electrons. The maximum Gasteiger partial charge on any atom is 0.303 e. The van der Waals surface area contributed by atoms with E-state index in [0.717, 1.165) is 6.42 Å². The number of carbonyl (C=O) groups is 3. The lowest BCUT2D eigenvalue weighted by Gasteiger charge is -2.17. The number of carbonyl (C=O) groups excluding carboxylic acids is 2. The normalized spacial score (nSPS) is 12.6. The first-order chi connectivity index (χ1) is 9.12. The Morgan fingerprint density at radius 3 is 2.20 bits per heavy atom. The van der Waals surface area contributed by atoms with Crippen molar-refractivity contribution in [1.82, 2.24) is 10.6 Å². The predicted molar refractivity (Wildman–Crippen MR) is 76.1 cm³/mol. The molecule has 6 heteroatoms. The first-order valence-electron chi connectivity index (χ1n) is 6.89. The molecule has 20 heavy (non-hydrogen) atoms. The molecule has 0 fully saturated rings. The number of hydrogen-bond donors (Lipinski definition) is 3. The lowest BCUT2D eigenvalue weighted by molar-refractivity contribution is -0.137. The summed E-state index contributed by atoms with van der Waals surface area (Å²) in [6, 6.07) is 0. The molecule has 0 aromatic carbocycles. The monoisotopic (exact) mass is 286 g/mol. The molecule has 0 aromatic heterocycles. The summed E-state index contributed by atoms with van der Waals surface area (Å²) in [5.74, 6) is -0.947. The minimum Gasteiger partial charge on any atom is -0.481 e. The molecule has 2 amide bonds. The van der Waals surface area contributed by atoms with E-state index in [1.807, 2.05) is 6.92 Å². The fraction of sp³-hybridized carbons (Fsp3) is 0.786. The second kappa shape index (κ2) is 8.55.